The second-order valence-corrected chi connectivity index (χ2v) is 6.51. The Morgan fingerprint density at radius 1 is 1.07 bits per heavy atom. The van der Waals surface area contributed by atoms with E-state index in [0.717, 1.165) is 10.9 Å². The molecular formula is C20H23BrN2O5. The lowest BCUT2D eigenvalue weighted by atomic mass is 10.2. The van der Waals surface area contributed by atoms with Gasteiger partial charge in [-0.2, -0.15) is 5.10 Å². The number of methoxy groups -OCH3 is 3. The van der Waals surface area contributed by atoms with Crippen LogP contribution in [0.3, 0.4) is 0 Å². The van der Waals surface area contributed by atoms with Crippen LogP contribution in [0.15, 0.2) is 39.9 Å². The molecule has 2 aromatic rings. The van der Waals surface area contributed by atoms with E-state index in [0.29, 0.717) is 28.6 Å². The number of rotatable bonds is 9. The summed E-state index contributed by atoms with van der Waals surface area (Å²) in [6.07, 6.45) is 2.41. The Balaban J connectivity index is 1.96. The first-order valence-corrected chi connectivity index (χ1v) is 9.34. The Kier molecular flexibility index (Phi) is 8.13. The van der Waals surface area contributed by atoms with Crippen LogP contribution in [0.25, 0.3) is 0 Å². The number of aryl methyl sites for hydroxylation is 1. The Bertz CT molecular complexity index is 829. The molecule has 150 valence electrons. The standard InChI is InChI=1S/C20H23BrN2O5/c1-5-13-6-7-16(15(21)8-13)28-12-19(24)23-22-11-14-9-17(25-2)20(27-4)18(10-14)26-3/h6-11H,5,12H2,1-4H3,(H,23,24). The minimum Gasteiger partial charge on any atom is -0.493 e. The van der Waals surface area contributed by atoms with Gasteiger partial charge in [0.2, 0.25) is 5.75 Å². The maximum Gasteiger partial charge on any atom is 0.277 e. The van der Waals surface area contributed by atoms with Crippen molar-refractivity contribution in [2.75, 3.05) is 27.9 Å². The molecule has 2 aromatic carbocycles. The molecule has 0 heterocycles. The lowest BCUT2D eigenvalue weighted by Crippen LogP contribution is -2.24. The minimum atomic E-state index is -0.379. The molecule has 7 nitrogen and oxygen atoms in total. The number of benzene rings is 2. The van der Waals surface area contributed by atoms with Crippen molar-refractivity contribution in [3.63, 3.8) is 0 Å². The molecule has 2 rings (SSSR count). The molecule has 8 heteroatoms. The third-order valence-corrected chi connectivity index (χ3v) is 4.47. The van der Waals surface area contributed by atoms with Crippen molar-refractivity contribution in [1.82, 2.24) is 5.43 Å². The summed E-state index contributed by atoms with van der Waals surface area (Å²) in [5, 5.41) is 3.94. The average molecular weight is 451 g/mol. The van der Waals surface area contributed by atoms with Gasteiger partial charge in [-0.15, -0.1) is 0 Å². The highest BCUT2D eigenvalue weighted by Gasteiger charge is 2.12. The van der Waals surface area contributed by atoms with E-state index in [1.807, 2.05) is 18.2 Å². The average Bonchev–Trinajstić information content (AvgIpc) is 2.71. The number of ether oxygens (including phenoxy) is 4. The summed E-state index contributed by atoms with van der Waals surface area (Å²) in [7, 11) is 4.59. The van der Waals surface area contributed by atoms with Crippen molar-refractivity contribution < 1.29 is 23.7 Å². The van der Waals surface area contributed by atoms with E-state index in [9.17, 15) is 4.79 Å². The molecule has 1 amide bonds. The molecule has 0 fully saturated rings. The number of nitrogens with one attached hydrogen (secondary N) is 1. The van der Waals surface area contributed by atoms with Crippen molar-refractivity contribution in [3.05, 3.63) is 45.9 Å². The van der Waals surface area contributed by atoms with Crippen molar-refractivity contribution in [1.29, 1.82) is 0 Å². The zero-order valence-electron chi connectivity index (χ0n) is 16.2. The lowest BCUT2D eigenvalue weighted by Gasteiger charge is -2.12. The van der Waals surface area contributed by atoms with Gasteiger partial charge < -0.3 is 18.9 Å². The van der Waals surface area contributed by atoms with E-state index < -0.39 is 0 Å². The third-order valence-electron chi connectivity index (χ3n) is 3.85. The fraction of sp³-hybridized carbons (Fsp3) is 0.300. The van der Waals surface area contributed by atoms with Gasteiger partial charge >= 0.3 is 0 Å². The van der Waals surface area contributed by atoms with Gasteiger partial charge in [-0.1, -0.05) is 13.0 Å². The van der Waals surface area contributed by atoms with Gasteiger partial charge in [-0.25, -0.2) is 5.43 Å². The van der Waals surface area contributed by atoms with Crippen LogP contribution in [0.5, 0.6) is 23.0 Å². The zero-order valence-corrected chi connectivity index (χ0v) is 17.8. The molecule has 0 spiro atoms. The number of amides is 1. The van der Waals surface area contributed by atoms with Crippen LogP contribution in [0.2, 0.25) is 0 Å². The molecule has 0 aliphatic heterocycles. The number of hydrogen-bond acceptors (Lipinski definition) is 6. The third kappa shape index (κ3) is 5.63. The first-order chi connectivity index (χ1) is 13.5. The monoisotopic (exact) mass is 450 g/mol. The predicted octanol–water partition coefficient (Wildman–Crippen LogP) is 3.57. The number of hydrogen-bond donors (Lipinski definition) is 1. The van der Waals surface area contributed by atoms with Crippen molar-refractivity contribution in [2.45, 2.75) is 13.3 Å². The fourth-order valence-corrected chi connectivity index (χ4v) is 2.95. The molecule has 0 radical (unpaired) electrons. The summed E-state index contributed by atoms with van der Waals surface area (Å²) < 4.78 is 22.2. The molecule has 0 bridgehead atoms. The van der Waals surface area contributed by atoms with Crippen LogP contribution in [0.4, 0.5) is 0 Å². The molecule has 0 aliphatic carbocycles. The molecule has 1 N–H and O–H groups in total. The maximum atomic E-state index is 12.0. The number of carbonyl (C=O) groups is 1. The molecular weight excluding hydrogens is 428 g/mol. The Morgan fingerprint density at radius 3 is 2.29 bits per heavy atom. The SMILES string of the molecule is CCc1ccc(OCC(=O)NN=Cc2cc(OC)c(OC)c(OC)c2)c(Br)c1. The first-order valence-electron chi connectivity index (χ1n) is 8.55. The van der Waals surface area contributed by atoms with E-state index in [1.165, 1.54) is 33.1 Å². The smallest absolute Gasteiger partial charge is 0.277 e. The highest BCUT2D eigenvalue weighted by Crippen LogP contribution is 2.37. The van der Waals surface area contributed by atoms with Crippen LogP contribution in [0.1, 0.15) is 18.1 Å². The van der Waals surface area contributed by atoms with Gasteiger partial charge in [0, 0.05) is 5.56 Å². The van der Waals surface area contributed by atoms with Crippen LogP contribution in [-0.2, 0) is 11.2 Å². The van der Waals surface area contributed by atoms with Crippen LogP contribution < -0.4 is 24.4 Å². The van der Waals surface area contributed by atoms with Gasteiger partial charge in [-0.3, -0.25) is 4.79 Å². The highest BCUT2D eigenvalue weighted by atomic mass is 79.9. The summed E-state index contributed by atoms with van der Waals surface area (Å²) in [6, 6.07) is 9.20. The Morgan fingerprint density at radius 2 is 1.75 bits per heavy atom. The Hall–Kier alpha value is -2.74. The van der Waals surface area contributed by atoms with E-state index in [2.05, 4.69) is 33.4 Å². The molecule has 0 aromatic heterocycles. The number of carbonyl (C=O) groups excluding carboxylic acids is 1. The second-order valence-electron chi connectivity index (χ2n) is 5.66. The largest absolute Gasteiger partial charge is 0.493 e. The summed E-state index contributed by atoms with van der Waals surface area (Å²) in [6.45, 7) is 1.92. The molecule has 0 aliphatic rings. The normalized spacial score (nSPS) is 10.6. The van der Waals surface area contributed by atoms with E-state index in [4.69, 9.17) is 18.9 Å². The fourth-order valence-electron chi connectivity index (χ4n) is 2.41. The topological polar surface area (TPSA) is 78.4 Å². The van der Waals surface area contributed by atoms with Crippen molar-refractivity contribution >= 4 is 28.1 Å². The van der Waals surface area contributed by atoms with Crippen LogP contribution >= 0.6 is 15.9 Å². The molecule has 0 saturated heterocycles. The van der Waals surface area contributed by atoms with Gasteiger partial charge in [0.25, 0.3) is 5.91 Å². The summed E-state index contributed by atoms with van der Waals surface area (Å²) >= 11 is 3.44. The lowest BCUT2D eigenvalue weighted by molar-refractivity contribution is -0.123. The van der Waals surface area contributed by atoms with E-state index in [1.54, 1.807) is 12.1 Å². The summed E-state index contributed by atoms with van der Waals surface area (Å²) in [4.78, 5) is 12.0. The first kappa shape index (κ1) is 21.6. The molecule has 28 heavy (non-hydrogen) atoms. The summed E-state index contributed by atoms with van der Waals surface area (Å²) in [5.41, 5.74) is 4.28. The second kappa shape index (κ2) is 10.6. The van der Waals surface area contributed by atoms with E-state index >= 15 is 0 Å². The quantitative estimate of drug-likeness (QED) is 0.466. The van der Waals surface area contributed by atoms with Crippen molar-refractivity contribution in [2.24, 2.45) is 5.10 Å². The zero-order chi connectivity index (χ0) is 20.5. The number of hydrazone groups is 1. The van der Waals surface area contributed by atoms with Crippen LogP contribution in [0, 0.1) is 0 Å². The number of nitrogens with zero attached hydrogens (tertiary/aromatic N) is 1. The van der Waals surface area contributed by atoms with Gasteiger partial charge in [0.15, 0.2) is 18.1 Å². The minimum absolute atomic E-state index is 0.156. The number of halogens is 1. The van der Waals surface area contributed by atoms with Gasteiger partial charge in [0.1, 0.15) is 5.75 Å². The predicted molar refractivity (Wildman–Crippen MR) is 111 cm³/mol. The highest BCUT2D eigenvalue weighted by molar-refractivity contribution is 9.10. The molecule has 0 saturated carbocycles. The maximum absolute atomic E-state index is 12.0. The van der Waals surface area contributed by atoms with Gasteiger partial charge in [0.05, 0.1) is 32.0 Å². The van der Waals surface area contributed by atoms with Gasteiger partial charge in [-0.05, 0) is 52.2 Å². The van der Waals surface area contributed by atoms with Crippen LogP contribution in [-0.4, -0.2) is 40.1 Å². The van der Waals surface area contributed by atoms with Crippen molar-refractivity contribution in [3.8, 4) is 23.0 Å². The summed E-state index contributed by atoms with van der Waals surface area (Å²) in [5.74, 6) is 1.70. The molecule has 0 atom stereocenters. The van der Waals surface area contributed by atoms with E-state index in [-0.39, 0.29) is 12.5 Å². The molecule has 0 unspecified atom stereocenters. The Labute approximate surface area is 172 Å².